The van der Waals surface area contributed by atoms with Crippen LogP contribution in [-0.4, -0.2) is 11.8 Å². The summed E-state index contributed by atoms with van der Waals surface area (Å²) in [6.45, 7) is 3.82. The molecule has 0 aliphatic rings. The van der Waals surface area contributed by atoms with Crippen molar-refractivity contribution in [3.05, 3.63) is 87.6 Å². The highest BCUT2D eigenvalue weighted by molar-refractivity contribution is 7.08. The summed E-state index contributed by atoms with van der Waals surface area (Å²) in [5.74, 6) is -0.886. The molecule has 136 valence electrons. The molecule has 2 aromatic carbocycles. The third-order valence-electron chi connectivity index (χ3n) is 4.13. The van der Waals surface area contributed by atoms with E-state index in [1.165, 1.54) is 11.3 Å². The smallest absolute Gasteiger partial charge is 0.261 e. The van der Waals surface area contributed by atoms with E-state index in [0.717, 1.165) is 16.7 Å². The first-order valence-corrected chi connectivity index (χ1v) is 9.47. The Morgan fingerprint density at radius 2 is 1.33 bits per heavy atom. The van der Waals surface area contributed by atoms with E-state index in [1.54, 1.807) is 6.08 Å². The highest BCUT2D eigenvalue weighted by Gasteiger charge is 2.20. The van der Waals surface area contributed by atoms with Gasteiger partial charge in [0.25, 0.3) is 11.8 Å². The quantitative estimate of drug-likeness (QED) is 0.373. The Morgan fingerprint density at radius 3 is 1.78 bits per heavy atom. The summed E-state index contributed by atoms with van der Waals surface area (Å²) in [6, 6.07) is 16.8. The van der Waals surface area contributed by atoms with Gasteiger partial charge in [-0.3, -0.25) is 9.59 Å². The summed E-state index contributed by atoms with van der Waals surface area (Å²) in [7, 11) is 0. The van der Waals surface area contributed by atoms with Crippen molar-refractivity contribution < 1.29 is 9.59 Å². The number of carbonyl (C=O) groups is 2. The number of aryl methyl sites for hydroxylation is 2. The molecular weight excluding hydrogens is 356 g/mol. The number of para-hydroxylation sites is 2. The van der Waals surface area contributed by atoms with Crippen LogP contribution >= 0.6 is 11.3 Å². The van der Waals surface area contributed by atoms with Gasteiger partial charge < -0.3 is 10.6 Å². The first-order chi connectivity index (χ1) is 13.0. The third kappa shape index (κ3) is 4.71. The van der Waals surface area contributed by atoms with Crippen molar-refractivity contribution in [2.24, 2.45) is 0 Å². The fraction of sp³-hybridized carbons (Fsp3) is 0.0909. The SMILES string of the molecule is Cc1ccccc1NC(=O)C(=Cc1ccsc1)C(=O)Nc1ccccc1C. The normalized spacial score (nSPS) is 10.1. The molecule has 1 heterocycles. The molecule has 0 atom stereocenters. The van der Waals surface area contributed by atoms with Gasteiger partial charge in [-0.2, -0.15) is 11.3 Å². The van der Waals surface area contributed by atoms with Crippen molar-refractivity contribution in [1.29, 1.82) is 0 Å². The van der Waals surface area contributed by atoms with Crippen molar-refractivity contribution in [2.45, 2.75) is 13.8 Å². The number of carbonyl (C=O) groups excluding carboxylic acids is 2. The maximum atomic E-state index is 12.9. The van der Waals surface area contributed by atoms with E-state index in [2.05, 4.69) is 10.6 Å². The molecule has 0 radical (unpaired) electrons. The number of thiophene rings is 1. The zero-order chi connectivity index (χ0) is 19.2. The molecule has 0 saturated heterocycles. The van der Waals surface area contributed by atoms with E-state index >= 15 is 0 Å². The lowest BCUT2D eigenvalue weighted by atomic mass is 10.1. The molecule has 0 spiro atoms. The standard InChI is InChI=1S/C22H20N2O2S/c1-15-7-3-5-9-19(15)23-21(25)18(13-17-11-12-27-14-17)22(26)24-20-10-6-4-8-16(20)2/h3-14H,1-2H3,(H,23,25)(H,24,26). The predicted octanol–water partition coefficient (Wildman–Crippen LogP) is 5.03. The Bertz CT molecular complexity index is 930. The molecular formula is C22H20N2O2S. The molecule has 0 bridgehead atoms. The molecule has 2 amide bonds. The Kier molecular flexibility index (Phi) is 5.84. The molecule has 2 N–H and O–H groups in total. The lowest BCUT2D eigenvalue weighted by molar-refractivity contribution is -0.118. The van der Waals surface area contributed by atoms with Crippen LogP contribution in [0.5, 0.6) is 0 Å². The predicted molar refractivity (Wildman–Crippen MR) is 112 cm³/mol. The number of amides is 2. The molecule has 4 nitrogen and oxygen atoms in total. The molecule has 5 heteroatoms. The molecule has 3 rings (SSSR count). The van der Waals surface area contributed by atoms with Gasteiger partial charge in [-0.05, 0) is 65.6 Å². The highest BCUT2D eigenvalue weighted by atomic mass is 32.1. The van der Waals surface area contributed by atoms with E-state index in [9.17, 15) is 9.59 Å². The van der Waals surface area contributed by atoms with Gasteiger partial charge in [-0.15, -0.1) is 0 Å². The Labute approximate surface area is 162 Å². The molecule has 1 aromatic heterocycles. The fourth-order valence-corrected chi connectivity index (χ4v) is 3.18. The third-order valence-corrected chi connectivity index (χ3v) is 4.83. The maximum absolute atomic E-state index is 12.9. The van der Waals surface area contributed by atoms with Gasteiger partial charge in [0.15, 0.2) is 0 Å². The Hall–Kier alpha value is -3.18. The minimum Gasteiger partial charge on any atom is -0.322 e. The summed E-state index contributed by atoms with van der Waals surface area (Å²) in [4.78, 5) is 25.7. The van der Waals surface area contributed by atoms with Crippen LogP contribution in [0.3, 0.4) is 0 Å². The fourth-order valence-electron chi connectivity index (χ4n) is 2.56. The number of nitrogens with one attached hydrogen (secondary N) is 2. The van der Waals surface area contributed by atoms with Crippen molar-refractivity contribution in [3.8, 4) is 0 Å². The van der Waals surface area contributed by atoms with Crippen LogP contribution in [0.4, 0.5) is 11.4 Å². The van der Waals surface area contributed by atoms with Crippen LogP contribution in [0.2, 0.25) is 0 Å². The van der Waals surface area contributed by atoms with Crippen molar-refractivity contribution in [3.63, 3.8) is 0 Å². The van der Waals surface area contributed by atoms with Crippen molar-refractivity contribution in [1.82, 2.24) is 0 Å². The van der Waals surface area contributed by atoms with Crippen LogP contribution in [-0.2, 0) is 9.59 Å². The summed E-state index contributed by atoms with van der Waals surface area (Å²) in [5, 5.41) is 9.47. The molecule has 0 fully saturated rings. The first kappa shape index (κ1) is 18.6. The minimum atomic E-state index is -0.443. The summed E-state index contributed by atoms with van der Waals surface area (Å²) in [5.41, 5.74) is 4.10. The second-order valence-electron chi connectivity index (χ2n) is 6.15. The van der Waals surface area contributed by atoms with Crippen molar-refractivity contribution >= 4 is 40.6 Å². The minimum absolute atomic E-state index is 0.0555. The van der Waals surface area contributed by atoms with Crippen LogP contribution in [0, 0.1) is 13.8 Å². The average molecular weight is 376 g/mol. The van der Waals surface area contributed by atoms with E-state index in [1.807, 2.05) is 79.2 Å². The molecule has 3 aromatic rings. The van der Waals surface area contributed by atoms with E-state index in [0.29, 0.717) is 11.4 Å². The number of benzene rings is 2. The number of anilines is 2. The van der Waals surface area contributed by atoms with Gasteiger partial charge in [-0.25, -0.2) is 0 Å². The molecule has 0 unspecified atom stereocenters. The number of rotatable bonds is 5. The van der Waals surface area contributed by atoms with Gasteiger partial charge in [-0.1, -0.05) is 36.4 Å². The topological polar surface area (TPSA) is 58.2 Å². The highest BCUT2D eigenvalue weighted by Crippen LogP contribution is 2.19. The van der Waals surface area contributed by atoms with Gasteiger partial charge in [0.1, 0.15) is 5.57 Å². The summed E-state index contributed by atoms with van der Waals surface area (Å²) >= 11 is 1.51. The van der Waals surface area contributed by atoms with Crippen LogP contribution in [0.15, 0.2) is 70.9 Å². The van der Waals surface area contributed by atoms with Gasteiger partial charge in [0, 0.05) is 11.4 Å². The molecule has 0 aliphatic heterocycles. The van der Waals surface area contributed by atoms with Crippen LogP contribution in [0.1, 0.15) is 16.7 Å². The molecule has 27 heavy (non-hydrogen) atoms. The second kappa shape index (κ2) is 8.47. The summed E-state index contributed by atoms with van der Waals surface area (Å²) < 4.78 is 0. The van der Waals surface area contributed by atoms with Gasteiger partial charge in [0.2, 0.25) is 0 Å². The van der Waals surface area contributed by atoms with Crippen LogP contribution < -0.4 is 10.6 Å². The van der Waals surface area contributed by atoms with E-state index in [4.69, 9.17) is 0 Å². The lowest BCUT2D eigenvalue weighted by Gasteiger charge is -2.12. The monoisotopic (exact) mass is 376 g/mol. The largest absolute Gasteiger partial charge is 0.322 e. The zero-order valence-corrected chi connectivity index (χ0v) is 16.0. The Balaban J connectivity index is 1.89. The molecule has 0 aliphatic carbocycles. The average Bonchev–Trinajstić information content (AvgIpc) is 3.16. The lowest BCUT2D eigenvalue weighted by Crippen LogP contribution is -2.25. The van der Waals surface area contributed by atoms with Gasteiger partial charge in [0.05, 0.1) is 0 Å². The summed E-state index contributed by atoms with van der Waals surface area (Å²) in [6.07, 6.45) is 1.61. The second-order valence-corrected chi connectivity index (χ2v) is 6.93. The number of hydrogen-bond acceptors (Lipinski definition) is 3. The Morgan fingerprint density at radius 1 is 0.815 bits per heavy atom. The van der Waals surface area contributed by atoms with Gasteiger partial charge >= 0.3 is 0 Å². The first-order valence-electron chi connectivity index (χ1n) is 8.52. The van der Waals surface area contributed by atoms with Crippen LogP contribution in [0.25, 0.3) is 6.08 Å². The van der Waals surface area contributed by atoms with E-state index < -0.39 is 11.8 Å². The number of hydrogen-bond donors (Lipinski definition) is 2. The van der Waals surface area contributed by atoms with E-state index in [-0.39, 0.29) is 5.57 Å². The van der Waals surface area contributed by atoms with Crippen molar-refractivity contribution in [2.75, 3.05) is 10.6 Å². The maximum Gasteiger partial charge on any atom is 0.261 e. The molecule has 0 saturated carbocycles. The zero-order valence-electron chi connectivity index (χ0n) is 15.2.